The second kappa shape index (κ2) is 7.59. The monoisotopic (exact) mass is 347 g/mol. The molecule has 0 radical (unpaired) electrons. The van der Waals surface area contributed by atoms with Crippen LogP contribution < -0.4 is 5.32 Å². The molecule has 0 spiro atoms. The Labute approximate surface area is 144 Å². The average molecular weight is 347 g/mol. The van der Waals surface area contributed by atoms with E-state index < -0.39 is 10.0 Å². The number of benzene rings is 1. The Hall–Kier alpha value is -1.50. The van der Waals surface area contributed by atoms with Crippen molar-refractivity contribution >= 4 is 20.8 Å². The van der Waals surface area contributed by atoms with Gasteiger partial charge < -0.3 is 5.32 Å². The fraction of sp³-hybridized carbons (Fsp3) is 0.500. The Morgan fingerprint density at radius 1 is 1.33 bits per heavy atom. The van der Waals surface area contributed by atoms with Crippen molar-refractivity contribution in [3.8, 4) is 0 Å². The molecule has 0 amide bonds. The van der Waals surface area contributed by atoms with Gasteiger partial charge in [0, 0.05) is 42.8 Å². The maximum absolute atomic E-state index is 13.3. The Morgan fingerprint density at radius 3 is 3.04 bits per heavy atom. The highest BCUT2D eigenvalue weighted by atomic mass is 32.2. The predicted octanol–water partition coefficient (Wildman–Crippen LogP) is 2.64. The summed E-state index contributed by atoms with van der Waals surface area (Å²) in [6, 6.07) is 7.18. The van der Waals surface area contributed by atoms with Gasteiger partial charge in [-0.2, -0.15) is 4.31 Å². The zero-order valence-corrected chi connectivity index (χ0v) is 14.9. The van der Waals surface area contributed by atoms with Gasteiger partial charge in [-0.1, -0.05) is 31.9 Å². The van der Waals surface area contributed by atoms with Crippen LogP contribution in [0.1, 0.15) is 26.2 Å². The molecule has 2 aromatic rings. The van der Waals surface area contributed by atoms with Gasteiger partial charge in [-0.3, -0.25) is 4.98 Å². The first-order valence-electron chi connectivity index (χ1n) is 8.66. The first kappa shape index (κ1) is 17.3. The van der Waals surface area contributed by atoms with Crippen molar-refractivity contribution in [2.24, 2.45) is 5.92 Å². The Bertz CT molecular complexity index is 786. The second-order valence-electron chi connectivity index (χ2n) is 6.43. The molecule has 0 aliphatic carbocycles. The third-order valence-corrected chi connectivity index (χ3v) is 6.58. The molecule has 130 valence electrons. The normalized spacial score (nSPS) is 20.1. The molecule has 0 bridgehead atoms. The number of hydrogen-bond acceptors (Lipinski definition) is 4. The van der Waals surface area contributed by atoms with E-state index in [1.54, 1.807) is 34.9 Å². The fourth-order valence-electron chi connectivity index (χ4n) is 3.32. The van der Waals surface area contributed by atoms with E-state index in [1.165, 1.54) is 0 Å². The lowest BCUT2D eigenvalue weighted by molar-refractivity contribution is 0.358. The molecule has 6 heteroatoms. The van der Waals surface area contributed by atoms with Gasteiger partial charge in [0.15, 0.2) is 0 Å². The maximum atomic E-state index is 13.3. The van der Waals surface area contributed by atoms with Crippen molar-refractivity contribution < 1.29 is 8.42 Å². The van der Waals surface area contributed by atoms with Crippen LogP contribution in [0.5, 0.6) is 0 Å². The van der Waals surface area contributed by atoms with E-state index in [4.69, 9.17) is 0 Å². The van der Waals surface area contributed by atoms with Gasteiger partial charge >= 0.3 is 0 Å². The quantitative estimate of drug-likeness (QED) is 0.903. The number of pyridine rings is 1. The minimum absolute atomic E-state index is 0.374. The molecule has 1 aromatic heterocycles. The van der Waals surface area contributed by atoms with E-state index >= 15 is 0 Å². The molecule has 1 atom stereocenters. The van der Waals surface area contributed by atoms with E-state index in [1.807, 2.05) is 6.07 Å². The number of aromatic nitrogens is 1. The van der Waals surface area contributed by atoms with E-state index in [0.717, 1.165) is 36.6 Å². The third-order valence-electron chi connectivity index (χ3n) is 4.66. The molecule has 1 saturated heterocycles. The van der Waals surface area contributed by atoms with Crippen LogP contribution in [0, 0.1) is 5.92 Å². The van der Waals surface area contributed by atoms with Gasteiger partial charge in [0.1, 0.15) is 0 Å². The molecule has 1 aliphatic rings. The maximum Gasteiger partial charge on any atom is 0.243 e. The summed E-state index contributed by atoms with van der Waals surface area (Å²) in [6.45, 7) is 4.88. The van der Waals surface area contributed by atoms with Gasteiger partial charge in [0.05, 0.1) is 4.90 Å². The molecular formula is C18H25N3O2S. The first-order chi connectivity index (χ1) is 11.6. The van der Waals surface area contributed by atoms with E-state index in [9.17, 15) is 8.42 Å². The molecule has 1 N–H and O–H groups in total. The number of nitrogens with zero attached hydrogens (tertiary/aromatic N) is 2. The van der Waals surface area contributed by atoms with E-state index in [2.05, 4.69) is 17.2 Å². The molecule has 1 unspecified atom stereocenters. The largest absolute Gasteiger partial charge is 0.315 e. The van der Waals surface area contributed by atoms with Crippen molar-refractivity contribution in [1.82, 2.24) is 14.6 Å². The highest BCUT2D eigenvalue weighted by Gasteiger charge is 2.29. The number of fused-ring (bicyclic) bond motifs is 1. The number of nitrogens with one attached hydrogen (secondary N) is 1. The minimum atomic E-state index is -3.50. The standard InChI is InChI=1S/C18H25N3O2S/c1-2-3-5-15-12-20-10-11-21(14-15)24(22,23)18-7-4-6-16-13-19-9-8-17(16)18/h4,6-9,13,15,20H,2-3,5,10-12,14H2,1H3. The molecule has 1 fully saturated rings. The van der Waals surface area contributed by atoms with Crippen LogP contribution in [-0.4, -0.2) is 43.9 Å². The van der Waals surface area contributed by atoms with E-state index in [0.29, 0.717) is 30.4 Å². The summed E-state index contributed by atoms with van der Waals surface area (Å²) in [4.78, 5) is 4.48. The molecule has 1 aliphatic heterocycles. The van der Waals surface area contributed by atoms with Crippen molar-refractivity contribution in [2.45, 2.75) is 31.1 Å². The molecule has 24 heavy (non-hydrogen) atoms. The van der Waals surface area contributed by atoms with E-state index in [-0.39, 0.29) is 0 Å². The van der Waals surface area contributed by atoms with Crippen LogP contribution in [0.15, 0.2) is 41.6 Å². The smallest absolute Gasteiger partial charge is 0.243 e. The van der Waals surface area contributed by atoms with Crippen LogP contribution in [0.2, 0.25) is 0 Å². The second-order valence-corrected chi connectivity index (χ2v) is 8.33. The van der Waals surface area contributed by atoms with Crippen LogP contribution in [0.25, 0.3) is 10.8 Å². The Kier molecular flexibility index (Phi) is 5.48. The van der Waals surface area contributed by atoms with Crippen LogP contribution in [-0.2, 0) is 10.0 Å². The fourth-order valence-corrected chi connectivity index (χ4v) is 5.05. The summed E-state index contributed by atoms with van der Waals surface area (Å²) < 4.78 is 28.2. The van der Waals surface area contributed by atoms with Gasteiger partial charge in [-0.25, -0.2) is 8.42 Å². The van der Waals surface area contributed by atoms with Crippen LogP contribution >= 0.6 is 0 Å². The molecule has 1 aromatic carbocycles. The third kappa shape index (κ3) is 3.61. The molecule has 5 nitrogen and oxygen atoms in total. The highest BCUT2D eigenvalue weighted by molar-refractivity contribution is 7.89. The lowest BCUT2D eigenvalue weighted by Crippen LogP contribution is -2.36. The van der Waals surface area contributed by atoms with Gasteiger partial charge in [0.2, 0.25) is 10.0 Å². The SMILES string of the molecule is CCCCC1CNCCN(S(=O)(=O)c2cccc3cnccc23)C1. The van der Waals surface area contributed by atoms with Gasteiger partial charge in [-0.15, -0.1) is 0 Å². The summed E-state index contributed by atoms with van der Waals surface area (Å²) in [6.07, 6.45) is 6.70. The molecule has 2 heterocycles. The predicted molar refractivity (Wildman–Crippen MR) is 96.4 cm³/mol. The summed E-state index contributed by atoms with van der Waals surface area (Å²) in [7, 11) is -3.50. The lowest BCUT2D eigenvalue weighted by atomic mass is 10.0. The zero-order valence-electron chi connectivity index (χ0n) is 14.1. The van der Waals surface area contributed by atoms with Crippen molar-refractivity contribution in [2.75, 3.05) is 26.2 Å². The van der Waals surface area contributed by atoms with Crippen LogP contribution in [0.3, 0.4) is 0 Å². The molecule has 0 saturated carbocycles. The highest BCUT2D eigenvalue weighted by Crippen LogP contribution is 2.26. The number of rotatable bonds is 5. The minimum Gasteiger partial charge on any atom is -0.315 e. The number of hydrogen-bond donors (Lipinski definition) is 1. The van der Waals surface area contributed by atoms with Crippen molar-refractivity contribution in [3.63, 3.8) is 0 Å². The lowest BCUT2D eigenvalue weighted by Gasteiger charge is -2.24. The number of sulfonamides is 1. The summed E-state index contributed by atoms with van der Waals surface area (Å²) in [5.41, 5.74) is 0. The van der Waals surface area contributed by atoms with Crippen molar-refractivity contribution in [3.05, 3.63) is 36.7 Å². The number of unbranched alkanes of at least 4 members (excludes halogenated alkanes) is 1. The zero-order chi connectivity index (χ0) is 17.0. The Morgan fingerprint density at radius 2 is 2.21 bits per heavy atom. The molecule has 3 rings (SSSR count). The summed E-state index contributed by atoms with van der Waals surface area (Å²) in [5, 5.41) is 4.98. The molecular weight excluding hydrogens is 322 g/mol. The van der Waals surface area contributed by atoms with Gasteiger partial charge in [0.25, 0.3) is 0 Å². The van der Waals surface area contributed by atoms with Crippen molar-refractivity contribution in [1.29, 1.82) is 0 Å². The van der Waals surface area contributed by atoms with Crippen LogP contribution in [0.4, 0.5) is 0 Å². The van der Waals surface area contributed by atoms with Gasteiger partial charge in [-0.05, 0) is 31.0 Å². The summed E-state index contributed by atoms with van der Waals surface area (Å²) >= 11 is 0. The topological polar surface area (TPSA) is 62.3 Å². The average Bonchev–Trinajstić information content (AvgIpc) is 2.85. The summed E-state index contributed by atoms with van der Waals surface area (Å²) in [5.74, 6) is 0.374. The first-order valence-corrected chi connectivity index (χ1v) is 10.1. The Balaban J connectivity index is 1.93.